The van der Waals surface area contributed by atoms with E-state index in [2.05, 4.69) is 15.1 Å². The first-order chi connectivity index (χ1) is 13.3. The standard InChI is InChI=1S/C17H12Cl2N6O3/c1-8(2)12-5-14(22-7-21-12)28-15-10(18)3-9(4-11(15)19)25-17(27)23-16(26)13(6-20)24-25/h3-5,7-8H,1-2H3,(H,23,26,27). The molecule has 0 aliphatic rings. The van der Waals surface area contributed by atoms with Gasteiger partial charge in [-0.05, 0) is 18.1 Å². The molecule has 0 aliphatic carbocycles. The Labute approximate surface area is 168 Å². The van der Waals surface area contributed by atoms with Gasteiger partial charge in [0.15, 0.2) is 5.75 Å². The molecule has 0 atom stereocenters. The number of nitrogens with zero attached hydrogens (tertiary/aromatic N) is 5. The molecule has 0 bridgehead atoms. The minimum absolute atomic E-state index is 0.0746. The lowest BCUT2D eigenvalue weighted by atomic mass is 10.1. The molecule has 0 saturated heterocycles. The van der Waals surface area contributed by atoms with Crippen LogP contribution in [0, 0.1) is 11.3 Å². The Balaban J connectivity index is 2.03. The fraction of sp³-hybridized carbons (Fsp3) is 0.176. The van der Waals surface area contributed by atoms with Crippen LogP contribution in [0.25, 0.3) is 5.69 Å². The Bertz CT molecular complexity index is 1190. The maximum Gasteiger partial charge on any atom is 0.349 e. The summed E-state index contributed by atoms with van der Waals surface area (Å²) < 4.78 is 6.49. The number of hydrogen-bond acceptors (Lipinski definition) is 7. The Morgan fingerprint density at radius 2 is 1.86 bits per heavy atom. The highest BCUT2D eigenvalue weighted by molar-refractivity contribution is 6.37. The summed E-state index contributed by atoms with van der Waals surface area (Å²) in [6.07, 6.45) is 1.37. The molecule has 0 fully saturated rings. The smallest absolute Gasteiger partial charge is 0.349 e. The second-order valence-corrected chi connectivity index (χ2v) is 6.72. The van der Waals surface area contributed by atoms with Gasteiger partial charge in [-0.3, -0.25) is 9.78 Å². The fourth-order valence-corrected chi connectivity index (χ4v) is 2.80. The second kappa shape index (κ2) is 7.80. The number of nitrogens with one attached hydrogen (secondary N) is 1. The van der Waals surface area contributed by atoms with E-state index in [9.17, 15) is 9.59 Å². The van der Waals surface area contributed by atoms with Gasteiger partial charge in [-0.2, -0.15) is 9.94 Å². The molecule has 0 amide bonds. The molecular weight excluding hydrogens is 407 g/mol. The van der Waals surface area contributed by atoms with Crippen LogP contribution in [0.2, 0.25) is 10.0 Å². The second-order valence-electron chi connectivity index (χ2n) is 5.91. The molecule has 1 N–H and O–H groups in total. The maximum atomic E-state index is 12.0. The highest BCUT2D eigenvalue weighted by Gasteiger charge is 2.16. The number of halogens is 2. The minimum Gasteiger partial charge on any atom is -0.436 e. The number of ether oxygens (including phenoxy) is 1. The largest absolute Gasteiger partial charge is 0.436 e. The summed E-state index contributed by atoms with van der Waals surface area (Å²) in [5, 5.41) is 12.8. The molecule has 3 aromatic rings. The Morgan fingerprint density at radius 1 is 1.18 bits per heavy atom. The predicted octanol–water partition coefficient (Wildman–Crippen LogP) is 2.80. The van der Waals surface area contributed by atoms with Crippen molar-refractivity contribution in [2.45, 2.75) is 19.8 Å². The third kappa shape index (κ3) is 3.88. The van der Waals surface area contributed by atoms with E-state index in [-0.39, 0.29) is 33.3 Å². The van der Waals surface area contributed by atoms with Gasteiger partial charge in [0.25, 0.3) is 5.56 Å². The van der Waals surface area contributed by atoms with Crippen molar-refractivity contribution in [1.82, 2.24) is 24.7 Å². The van der Waals surface area contributed by atoms with Crippen molar-refractivity contribution in [1.29, 1.82) is 5.26 Å². The summed E-state index contributed by atoms with van der Waals surface area (Å²) in [4.78, 5) is 33.7. The summed E-state index contributed by atoms with van der Waals surface area (Å²) in [6, 6.07) is 5.99. The monoisotopic (exact) mass is 418 g/mol. The van der Waals surface area contributed by atoms with Crippen LogP contribution in [0.1, 0.15) is 31.2 Å². The average Bonchev–Trinajstić information content (AvgIpc) is 2.65. The van der Waals surface area contributed by atoms with Crippen molar-refractivity contribution in [3.8, 4) is 23.4 Å². The molecule has 0 spiro atoms. The molecule has 2 heterocycles. The van der Waals surface area contributed by atoms with Crippen molar-refractivity contribution in [3.05, 3.63) is 66.8 Å². The molecule has 3 rings (SSSR count). The lowest BCUT2D eigenvalue weighted by molar-refractivity contribution is 0.459. The van der Waals surface area contributed by atoms with Gasteiger partial charge in [0.1, 0.15) is 12.4 Å². The van der Waals surface area contributed by atoms with Gasteiger partial charge in [0.05, 0.1) is 21.4 Å². The number of nitriles is 1. The SMILES string of the molecule is CC(C)c1cc(Oc2c(Cl)cc(-n3nc(C#N)c(=O)[nH]c3=O)cc2Cl)ncn1. The van der Waals surface area contributed by atoms with E-state index in [1.54, 1.807) is 12.1 Å². The van der Waals surface area contributed by atoms with Crippen molar-refractivity contribution < 1.29 is 4.74 Å². The maximum absolute atomic E-state index is 12.0. The molecule has 0 radical (unpaired) electrons. The van der Waals surface area contributed by atoms with Crippen LogP contribution >= 0.6 is 23.2 Å². The molecule has 9 nitrogen and oxygen atoms in total. The van der Waals surface area contributed by atoms with Crippen LogP contribution in [0.5, 0.6) is 11.6 Å². The zero-order valence-electron chi connectivity index (χ0n) is 14.6. The van der Waals surface area contributed by atoms with Gasteiger partial charge in [0, 0.05) is 6.07 Å². The molecule has 1 aromatic carbocycles. The fourth-order valence-electron chi connectivity index (χ4n) is 2.24. The van der Waals surface area contributed by atoms with Gasteiger partial charge in [0.2, 0.25) is 11.6 Å². The highest BCUT2D eigenvalue weighted by Crippen LogP contribution is 2.37. The minimum atomic E-state index is -0.884. The van der Waals surface area contributed by atoms with Crippen molar-refractivity contribution in [3.63, 3.8) is 0 Å². The molecule has 2 aromatic heterocycles. The van der Waals surface area contributed by atoms with Crippen molar-refractivity contribution in [2.75, 3.05) is 0 Å². The summed E-state index contributed by atoms with van der Waals surface area (Å²) in [5.41, 5.74) is -1.28. The van der Waals surface area contributed by atoms with Gasteiger partial charge >= 0.3 is 5.69 Å². The molecule has 28 heavy (non-hydrogen) atoms. The Morgan fingerprint density at radius 3 is 2.46 bits per heavy atom. The lowest BCUT2D eigenvalue weighted by Crippen LogP contribution is -2.33. The zero-order chi connectivity index (χ0) is 20.4. The summed E-state index contributed by atoms with van der Waals surface area (Å²) in [5.74, 6) is 0.547. The van der Waals surface area contributed by atoms with Crippen LogP contribution in [-0.2, 0) is 0 Å². The van der Waals surface area contributed by atoms with Gasteiger partial charge in [-0.15, -0.1) is 5.10 Å². The van der Waals surface area contributed by atoms with E-state index in [4.69, 9.17) is 33.2 Å². The summed E-state index contributed by atoms with van der Waals surface area (Å²) in [7, 11) is 0. The first-order valence-electron chi connectivity index (χ1n) is 7.93. The van der Waals surface area contributed by atoms with Crippen molar-refractivity contribution in [2.24, 2.45) is 0 Å². The molecular formula is C17H12Cl2N6O3. The first kappa shape index (κ1) is 19.5. The van der Waals surface area contributed by atoms with E-state index in [1.165, 1.54) is 18.5 Å². The number of benzene rings is 1. The van der Waals surface area contributed by atoms with Crippen LogP contribution in [0.4, 0.5) is 0 Å². The summed E-state index contributed by atoms with van der Waals surface area (Å²) in [6.45, 7) is 3.95. The van der Waals surface area contributed by atoms with Crippen LogP contribution in [-0.4, -0.2) is 24.7 Å². The number of hydrogen-bond donors (Lipinski definition) is 1. The van der Waals surface area contributed by atoms with Gasteiger partial charge in [-0.25, -0.2) is 14.8 Å². The van der Waals surface area contributed by atoms with E-state index >= 15 is 0 Å². The molecule has 142 valence electrons. The van der Waals surface area contributed by atoms with E-state index in [0.717, 1.165) is 10.4 Å². The summed E-state index contributed by atoms with van der Waals surface area (Å²) >= 11 is 12.5. The molecule has 0 saturated carbocycles. The molecule has 0 aliphatic heterocycles. The number of rotatable bonds is 4. The quantitative estimate of drug-likeness (QED) is 0.689. The van der Waals surface area contributed by atoms with Crippen LogP contribution in [0.3, 0.4) is 0 Å². The van der Waals surface area contributed by atoms with Gasteiger partial charge < -0.3 is 4.74 Å². The third-order valence-corrected chi connectivity index (χ3v) is 4.18. The van der Waals surface area contributed by atoms with Crippen LogP contribution < -0.4 is 16.0 Å². The van der Waals surface area contributed by atoms with Crippen molar-refractivity contribution >= 4 is 23.2 Å². The van der Waals surface area contributed by atoms with Gasteiger partial charge in [-0.1, -0.05) is 37.0 Å². The predicted molar refractivity (Wildman–Crippen MR) is 101 cm³/mol. The average molecular weight is 419 g/mol. The number of aromatic amines is 1. The Kier molecular flexibility index (Phi) is 5.44. The first-order valence-corrected chi connectivity index (χ1v) is 8.68. The third-order valence-electron chi connectivity index (χ3n) is 3.62. The van der Waals surface area contributed by atoms with E-state index in [0.29, 0.717) is 0 Å². The molecule has 11 heteroatoms. The number of H-pyrrole nitrogens is 1. The van der Waals surface area contributed by atoms with E-state index in [1.807, 2.05) is 18.8 Å². The normalized spacial score (nSPS) is 10.7. The highest BCUT2D eigenvalue weighted by atomic mass is 35.5. The number of aromatic nitrogens is 5. The van der Waals surface area contributed by atoms with E-state index < -0.39 is 16.9 Å². The topological polar surface area (TPSA) is 127 Å². The lowest BCUT2D eigenvalue weighted by Gasteiger charge is -2.12. The molecule has 0 unspecified atom stereocenters. The Hall–Kier alpha value is -3.22. The zero-order valence-corrected chi connectivity index (χ0v) is 16.1. The van der Waals surface area contributed by atoms with Crippen LogP contribution in [0.15, 0.2) is 34.1 Å².